The fourth-order valence-electron chi connectivity index (χ4n) is 2.06. The number of carbonyl (C=O) groups excluding carboxylic acids is 2. The number of para-hydroxylation sites is 2. The lowest BCUT2D eigenvalue weighted by Crippen LogP contribution is -2.45. The van der Waals surface area contributed by atoms with E-state index < -0.39 is 16.9 Å². The number of carbonyl (C=O) groups is 2. The minimum Gasteiger partial charge on any atom is -0.459 e. The zero-order chi connectivity index (χ0) is 18.2. The van der Waals surface area contributed by atoms with Crippen LogP contribution in [0, 0.1) is 10.1 Å². The molecule has 1 atom stereocenters. The molecule has 0 unspecified atom stereocenters. The quantitative estimate of drug-likeness (QED) is 0.378. The number of nitro benzene ring substituents is 1. The Kier molecular flexibility index (Phi) is 6.10. The van der Waals surface area contributed by atoms with Crippen LogP contribution in [0.2, 0.25) is 0 Å². The molecule has 0 saturated heterocycles. The van der Waals surface area contributed by atoms with Crippen molar-refractivity contribution < 1.29 is 18.9 Å². The molecule has 1 aromatic heterocycles. The molecular weight excluding hydrogens is 328 g/mol. The van der Waals surface area contributed by atoms with Crippen molar-refractivity contribution in [2.75, 3.05) is 18.4 Å². The standard InChI is InChI=1S/C16H18N4O5/c1-11(19-16(22)14-7-4-10-25-14)15(21)18-9-8-17-12-5-2-3-6-13(12)20(23)24/h2-7,10-11,17H,8-9H2,1H3,(H,18,21)(H,19,22)/t11-/m0/s1. The Morgan fingerprint density at radius 3 is 2.64 bits per heavy atom. The minimum absolute atomic E-state index is 0.0343. The first-order valence-electron chi connectivity index (χ1n) is 7.58. The number of nitrogens with one attached hydrogen (secondary N) is 3. The minimum atomic E-state index is -0.747. The Balaban J connectivity index is 1.75. The lowest BCUT2D eigenvalue weighted by molar-refractivity contribution is -0.384. The van der Waals surface area contributed by atoms with Crippen molar-refractivity contribution in [2.45, 2.75) is 13.0 Å². The van der Waals surface area contributed by atoms with Gasteiger partial charge in [-0.15, -0.1) is 0 Å². The van der Waals surface area contributed by atoms with Gasteiger partial charge in [0.25, 0.3) is 11.6 Å². The van der Waals surface area contributed by atoms with Crippen LogP contribution in [0.15, 0.2) is 47.1 Å². The van der Waals surface area contributed by atoms with Crippen LogP contribution in [-0.4, -0.2) is 35.9 Å². The fraction of sp³-hybridized carbons (Fsp3) is 0.250. The molecule has 2 rings (SSSR count). The summed E-state index contributed by atoms with van der Waals surface area (Å²) in [4.78, 5) is 34.1. The Morgan fingerprint density at radius 2 is 1.96 bits per heavy atom. The van der Waals surface area contributed by atoms with Gasteiger partial charge in [-0.1, -0.05) is 12.1 Å². The number of rotatable bonds is 8. The normalized spacial score (nSPS) is 11.4. The van der Waals surface area contributed by atoms with Gasteiger partial charge in [0.2, 0.25) is 5.91 Å². The molecule has 1 heterocycles. The summed E-state index contributed by atoms with van der Waals surface area (Å²) in [6, 6.07) is 8.57. The smallest absolute Gasteiger partial charge is 0.292 e. The Morgan fingerprint density at radius 1 is 1.20 bits per heavy atom. The van der Waals surface area contributed by atoms with Crippen molar-refractivity contribution in [2.24, 2.45) is 0 Å². The molecule has 0 bridgehead atoms. The Labute approximate surface area is 143 Å². The van der Waals surface area contributed by atoms with Crippen LogP contribution in [0.4, 0.5) is 11.4 Å². The highest BCUT2D eigenvalue weighted by Gasteiger charge is 2.17. The summed E-state index contributed by atoms with van der Waals surface area (Å²) in [7, 11) is 0. The number of amides is 2. The molecule has 25 heavy (non-hydrogen) atoms. The SMILES string of the molecule is C[C@H](NC(=O)c1ccco1)C(=O)NCCNc1ccccc1[N+](=O)[O-]. The van der Waals surface area contributed by atoms with E-state index in [1.165, 1.54) is 18.4 Å². The molecular formula is C16H18N4O5. The summed E-state index contributed by atoms with van der Waals surface area (Å²) >= 11 is 0. The van der Waals surface area contributed by atoms with E-state index >= 15 is 0 Å². The van der Waals surface area contributed by atoms with E-state index in [2.05, 4.69) is 16.0 Å². The number of nitrogens with zero attached hydrogens (tertiary/aromatic N) is 1. The molecule has 0 spiro atoms. The molecule has 0 fully saturated rings. The third kappa shape index (κ3) is 5.06. The van der Waals surface area contributed by atoms with Crippen molar-refractivity contribution in [1.82, 2.24) is 10.6 Å². The summed E-state index contributed by atoms with van der Waals surface area (Å²) in [5.41, 5.74) is 0.342. The highest BCUT2D eigenvalue weighted by Crippen LogP contribution is 2.22. The maximum atomic E-state index is 11.9. The lowest BCUT2D eigenvalue weighted by Gasteiger charge is -2.14. The number of hydrogen-bond acceptors (Lipinski definition) is 6. The highest BCUT2D eigenvalue weighted by atomic mass is 16.6. The van der Waals surface area contributed by atoms with Crippen LogP contribution in [0.5, 0.6) is 0 Å². The molecule has 3 N–H and O–H groups in total. The second-order valence-electron chi connectivity index (χ2n) is 5.16. The van der Waals surface area contributed by atoms with E-state index in [4.69, 9.17) is 4.42 Å². The molecule has 1 aromatic carbocycles. The average Bonchev–Trinajstić information content (AvgIpc) is 3.13. The van der Waals surface area contributed by atoms with Gasteiger partial charge in [0.1, 0.15) is 11.7 Å². The van der Waals surface area contributed by atoms with Crippen molar-refractivity contribution in [3.63, 3.8) is 0 Å². The van der Waals surface area contributed by atoms with Gasteiger partial charge in [-0.25, -0.2) is 0 Å². The van der Waals surface area contributed by atoms with Gasteiger partial charge in [-0.3, -0.25) is 19.7 Å². The van der Waals surface area contributed by atoms with Crippen LogP contribution >= 0.6 is 0 Å². The first-order chi connectivity index (χ1) is 12.0. The maximum absolute atomic E-state index is 11.9. The summed E-state index contributed by atoms with van der Waals surface area (Å²) in [5, 5.41) is 18.9. The molecule has 9 nitrogen and oxygen atoms in total. The number of hydrogen-bond donors (Lipinski definition) is 3. The number of furan rings is 1. The third-order valence-electron chi connectivity index (χ3n) is 3.33. The summed E-state index contributed by atoms with van der Waals surface area (Å²) < 4.78 is 4.95. The van der Waals surface area contributed by atoms with Crippen LogP contribution in [-0.2, 0) is 4.79 Å². The molecule has 9 heteroatoms. The van der Waals surface area contributed by atoms with Gasteiger partial charge in [0.05, 0.1) is 11.2 Å². The van der Waals surface area contributed by atoms with Gasteiger partial charge in [-0.05, 0) is 25.1 Å². The Hall–Kier alpha value is -3.36. The summed E-state index contributed by atoms with van der Waals surface area (Å²) in [6.07, 6.45) is 1.37. The molecule has 132 valence electrons. The first-order valence-corrected chi connectivity index (χ1v) is 7.58. The second-order valence-corrected chi connectivity index (χ2v) is 5.16. The van der Waals surface area contributed by atoms with E-state index in [0.717, 1.165) is 0 Å². The molecule has 0 aliphatic rings. The van der Waals surface area contributed by atoms with Gasteiger partial charge >= 0.3 is 0 Å². The van der Waals surface area contributed by atoms with Gasteiger partial charge < -0.3 is 20.4 Å². The zero-order valence-electron chi connectivity index (χ0n) is 13.5. The predicted octanol–water partition coefficient (Wildman–Crippen LogP) is 1.53. The molecule has 0 aliphatic carbocycles. The second kappa shape index (κ2) is 8.48. The van der Waals surface area contributed by atoms with Crippen LogP contribution in [0.3, 0.4) is 0 Å². The van der Waals surface area contributed by atoms with E-state index in [-0.39, 0.29) is 23.9 Å². The highest BCUT2D eigenvalue weighted by molar-refractivity contribution is 5.95. The average molecular weight is 346 g/mol. The maximum Gasteiger partial charge on any atom is 0.292 e. The van der Waals surface area contributed by atoms with E-state index in [1.807, 2.05) is 0 Å². The molecule has 0 radical (unpaired) electrons. The van der Waals surface area contributed by atoms with Gasteiger partial charge in [0.15, 0.2) is 5.76 Å². The monoisotopic (exact) mass is 346 g/mol. The van der Waals surface area contributed by atoms with Crippen molar-refractivity contribution in [1.29, 1.82) is 0 Å². The van der Waals surface area contributed by atoms with Crippen molar-refractivity contribution >= 4 is 23.2 Å². The summed E-state index contributed by atoms with van der Waals surface area (Å²) in [6.45, 7) is 2.09. The zero-order valence-corrected chi connectivity index (χ0v) is 13.5. The van der Waals surface area contributed by atoms with Crippen molar-refractivity contribution in [3.05, 3.63) is 58.5 Å². The van der Waals surface area contributed by atoms with E-state index in [0.29, 0.717) is 12.2 Å². The molecule has 2 aromatic rings. The Bertz CT molecular complexity index is 745. The van der Waals surface area contributed by atoms with Crippen molar-refractivity contribution in [3.8, 4) is 0 Å². The van der Waals surface area contributed by atoms with Crippen LogP contribution in [0.25, 0.3) is 0 Å². The molecule has 0 aliphatic heterocycles. The van der Waals surface area contributed by atoms with E-state index in [1.54, 1.807) is 31.2 Å². The topological polar surface area (TPSA) is 127 Å². The lowest BCUT2D eigenvalue weighted by atomic mass is 10.2. The van der Waals surface area contributed by atoms with E-state index in [9.17, 15) is 19.7 Å². The summed E-state index contributed by atoms with van der Waals surface area (Å²) in [5.74, 6) is -0.729. The number of anilines is 1. The van der Waals surface area contributed by atoms with Gasteiger partial charge in [-0.2, -0.15) is 0 Å². The van der Waals surface area contributed by atoms with Gasteiger partial charge in [0, 0.05) is 19.2 Å². The molecule has 0 saturated carbocycles. The largest absolute Gasteiger partial charge is 0.459 e. The predicted molar refractivity (Wildman–Crippen MR) is 90.2 cm³/mol. The number of nitro groups is 1. The first kappa shape index (κ1) is 18.0. The molecule has 2 amide bonds. The van der Waals surface area contributed by atoms with Crippen LogP contribution < -0.4 is 16.0 Å². The number of benzene rings is 1. The third-order valence-corrected chi connectivity index (χ3v) is 3.33. The van der Waals surface area contributed by atoms with Crippen LogP contribution in [0.1, 0.15) is 17.5 Å². The fourth-order valence-corrected chi connectivity index (χ4v) is 2.06.